The van der Waals surface area contributed by atoms with Crippen LogP contribution in [0, 0.1) is 0 Å². The molecule has 0 spiro atoms. The number of benzene rings is 2. The summed E-state index contributed by atoms with van der Waals surface area (Å²) < 4.78 is 15.7. The molecule has 172 valence electrons. The number of hydrogen-bond acceptors (Lipinski definition) is 4. The number of aromatic nitrogens is 2. The Kier molecular flexibility index (Phi) is 6.44. The second kappa shape index (κ2) is 9.79. The number of phenolic OH excluding ortho intramolecular Hbond substituents is 1. The van der Waals surface area contributed by atoms with Crippen molar-refractivity contribution >= 4 is 17.0 Å². The minimum atomic E-state index is -0.0373. The molecule has 1 aromatic heterocycles. The summed E-state index contributed by atoms with van der Waals surface area (Å²) >= 11 is 0. The molecule has 6 heteroatoms. The molecule has 33 heavy (non-hydrogen) atoms. The Morgan fingerprint density at radius 2 is 1.79 bits per heavy atom. The molecule has 0 bridgehead atoms. The van der Waals surface area contributed by atoms with E-state index in [1.165, 1.54) is 11.1 Å². The predicted octanol–water partition coefficient (Wildman–Crippen LogP) is 5.43. The lowest BCUT2D eigenvalue weighted by molar-refractivity contribution is 0.221. The van der Waals surface area contributed by atoms with Crippen molar-refractivity contribution in [2.75, 3.05) is 25.0 Å². The second-order valence-corrected chi connectivity index (χ2v) is 9.13. The zero-order valence-electron chi connectivity index (χ0n) is 18.9. The van der Waals surface area contributed by atoms with Crippen molar-refractivity contribution in [3.05, 3.63) is 77.6 Å². The van der Waals surface area contributed by atoms with Crippen molar-refractivity contribution in [2.24, 2.45) is 0 Å². The van der Waals surface area contributed by atoms with Gasteiger partial charge in [0.1, 0.15) is 11.6 Å². The first-order valence-electron chi connectivity index (χ1n) is 11.9. The van der Waals surface area contributed by atoms with Crippen molar-refractivity contribution in [1.82, 2.24) is 14.5 Å². The lowest BCUT2D eigenvalue weighted by Gasteiger charge is -2.32. The summed E-state index contributed by atoms with van der Waals surface area (Å²) in [6.45, 7) is 3.89. The summed E-state index contributed by atoms with van der Waals surface area (Å²) in [6, 6.07) is 16.1. The summed E-state index contributed by atoms with van der Waals surface area (Å²) in [5, 5.41) is 13.2. The van der Waals surface area contributed by atoms with Crippen molar-refractivity contribution in [3.8, 4) is 5.75 Å². The third-order valence-corrected chi connectivity index (χ3v) is 6.77. The zero-order valence-corrected chi connectivity index (χ0v) is 18.9. The molecule has 2 aromatic carbocycles. The van der Waals surface area contributed by atoms with Gasteiger partial charge in [-0.1, -0.05) is 30.3 Å². The fourth-order valence-electron chi connectivity index (χ4n) is 4.77. The fraction of sp³-hybridized carbons (Fsp3) is 0.370. The van der Waals surface area contributed by atoms with Crippen LogP contribution in [0.3, 0.4) is 0 Å². The number of hydrogen-bond donors (Lipinski definition) is 2. The van der Waals surface area contributed by atoms with Crippen molar-refractivity contribution in [3.63, 3.8) is 0 Å². The number of anilines is 1. The Bertz CT molecular complexity index is 1160. The number of fused-ring (bicyclic) bond motifs is 1. The third kappa shape index (κ3) is 5.28. The molecule has 2 aliphatic rings. The maximum absolute atomic E-state index is 13.4. The lowest BCUT2D eigenvalue weighted by Crippen LogP contribution is -2.40. The van der Waals surface area contributed by atoms with Gasteiger partial charge in [-0.2, -0.15) is 0 Å². The van der Waals surface area contributed by atoms with E-state index in [1.807, 2.05) is 30.3 Å². The molecule has 0 unspecified atom stereocenters. The van der Waals surface area contributed by atoms with Gasteiger partial charge in [-0.3, -0.25) is 0 Å². The number of halogens is 1. The normalized spacial score (nSPS) is 17.7. The number of para-hydroxylation sites is 2. The Morgan fingerprint density at radius 1 is 1.00 bits per heavy atom. The standard InChI is InChI=1S/C27H31FN4O/c28-22-9-5-21(6-10-22)19-32-26-4-2-1-3-25(26)30-27(32)29-23-14-17-31(18-15-23)16-13-20-7-11-24(33)12-8-20/h1-5,7-9,11-12,23,33H,6,10,13-19H2,(H,29,30). The number of allylic oxidation sites excluding steroid dienone is 4. The largest absolute Gasteiger partial charge is 0.508 e. The highest BCUT2D eigenvalue weighted by Gasteiger charge is 2.22. The zero-order chi connectivity index (χ0) is 22.6. The van der Waals surface area contributed by atoms with Crippen molar-refractivity contribution < 1.29 is 9.50 Å². The molecule has 1 aliphatic heterocycles. The van der Waals surface area contributed by atoms with Gasteiger partial charge in [0.05, 0.1) is 11.0 Å². The Hall–Kier alpha value is -3.12. The molecule has 5 nitrogen and oxygen atoms in total. The number of rotatable bonds is 7. The van der Waals surface area contributed by atoms with E-state index in [-0.39, 0.29) is 5.83 Å². The van der Waals surface area contributed by atoms with Crippen LogP contribution in [0.2, 0.25) is 0 Å². The van der Waals surface area contributed by atoms with Gasteiger partial charge in [-0.15, -0.1) is 0 Å². The Morgan fingerprint density at radius 3 is 2.55 bits per heavy atom. The van der Waals surface area contributed by atoms with Crippen LogP contribution in [0.25, 0.3) is 11.0 Å². The SMILES string of the molecule is Oc1ccc(CCN2CCC(Nc3nc4ccccc4n3CC3=CC=C(F)CC3)CC2)cc1. The average molecular weight is 447 g/mol. The van der Waals surface area contributed by atoms with Gasteiger partial charge in [0.2, 0.25) is 5.95 Å². The maximum Gasteiger partial charge on any atom is 0.204 e. The number of aromatic hydroxyl groups is 1. The number of nitrogens with zero attached hydrogens (tertiary/aromatic N) is 3. The molecule has 5 rings (SSSR count). The van der Waals surface area contributed by atoms with Crippen LogP contribution >= 0.6 is 0 Å². The number of nitrogens with one attached hydrogen (secondary N) is 1. The summed E-state index contributed by atoms with van der Waals surface area (Å²) in [5.74, 6) is 1.19. The van der Waals surface area contributed by atoms with Gasteiger partial charge in [0, 0.05) is 38.6 Å². The van der Waals surface area contributed by atoms with Crippen LogP contribution in [0.1, 0.15) is 31.2 Å². The van der Waals surface area contributed by atoms with Gasteiger partial charge in [0.25, 0.3) is 0 Å². The molecule has 2 heterocycles. The summed E-state index contributed by atoms with van der Waals surface area (Å²) in [6.07, 6.45) is 7.92. The summed E-state index contributed by atoms with van der Waals surface area (Å²) in [4.78, 5) is 7.41. The van der Waals surface area contributed by atoms with E-state index >= 15 is 0 Å². The molecular formula is C27H31FN4O. The number of phenols is 1. The molecule has 2 N–H and O–H groups in total. The lowest BCUT2D eigenvalue weighted by atomic mass is 10.0. The molecule has 0 atom stereocenters. The molecule has 0 saturated carbocycles. The van der Waals surface area contributed by atoms with Gasteiger partial charge < -0.3 is 19.9 Å². The third-order valence-electron chi connectivity index (χ3n) is 6.77. The first kappa shape index (κ1) is 21.7. The fourth-order valence-corrected chi connectivity index (χ4v) is 4.77. The molecule has 0 radical (unpaired) electrons. The van der Waals surface area contributed by atoms with E-state index in [2.05, 4.69) is 26.9 Å². The molecule has 0 amide bonds. The van der Waals surface area contributed by atoms with Crippen LogP contribution in [-0.2, 0) is 13.0 Å². The van der Waals surface area contributed by atoms with E-state index in [0.29, 0.717) is 18.2 Å². The average Bonchev–Trinajstić information content (AvgIpc) is 3.18. The van der Waals surface area contributed by atoms with Crippen LogP contribution < -0.4 is 5.32 Å². The molecule has 3 aromatic rings. The summed E-state index contributed by atoms with van der Waals surface area (Å²) in [5.41, 5.74) is 4.59. The Balaban J connectivity index is 1.22. The number of imidazole rings is 1. The van der Waals surface area contributed by atoms with Crippen LogP contribution in [0.4, 0.5) is 10.3 Å². The second-order valence-electron chi connectivity index (χ2n) is 9.13. The van der Waals surface area contributed by atoms with Gasteiger partial charge in [-0.05, 0) is 67.2 Å². The summed E-state index contributed by atoms with van der Waals surface area (Å²) in [7, 11) is 0. The van der Waals surface area contributed by atoms with Crippen LogP contribution in [0.15, 0.2) is 72.1 Å². The molecular weight excluding hydrogens is 415 g/mol. The topological polar surface area (TPSA) is 53.3 Å². The number of likely N-dealkylation sites (tertiary alicyclic amines) is 1. The van der Waals surface area contributed by atoms with E-state index in [4.69, 9.17) is 4.98 Å². The van der Waals surface area contributed by atoms with Crippen LogP contribution in [-0.4, -0.2) is 45.2 Å². The Labute approximate surface area is 194 Å². The minimum Gasteiger partial charge on any atom is -0.508 e. The van der Waals surface area contributed by atoms with Crippen LogP contribution in [0.5, 0.6) is 5.75 Å². The molecule has 1 aliphatic carbocycles. The highest BCUT2D eigenvalue weighted by atomic mass is 19.1. The molecule has 1 saturated heterocycles. The van der Waals surface area contributed by atoms with Crippen molar-refractivity contribution in [1.29, 1.82) is 0 Å². The smallest absolute Gasteiger partial charge is 0.204 e. The maximum atomic E-state index is 13.4. The van der Waals surface area contributed by atoms with Gasteiger partial charge >= 0.3 is 0 Å². The first-order valence-corrected chi connectivity index (χ1v) is 11.9. The predicted molar refractivity (Wildman–Crippen MR) is 131 cm³/mol. The van der Waals surface area contributed by atoms with E-state index < -0.39 is 0 Å². The molecule has 1 fully saturated rings. The highest BCUT2D eigenvalue weighted by Crippen LogP contribution is 2.27. The highest BCUT2D eigenvalue weighted by molar-refractivity contribution is 5.78. The van der Waals surface area contributed by atoms with E-state index in [9.17, 15) is 9.50 Å². The van der Waals surface area contributed by atoms with Gasteiger partial charge in [0.15, 0.2) is 0 Å². The first-order chi connectivity index (χ1) is 16.1. The quantitative estimate of drug-likeness (QED) is 0.508. The van der Waals surface area contributed by atoms with E-state index in [1.54, 1.807) is 18.2 Å². The number of piperidine rings is 1. The minimum absolute atomic E-state index is 0.0373. The van der Waals surface area contributed by atoms with E-state index in [0.717, 1.165) is 68.8 Å². The van der Waals surface area contributed by atoms with Gasteiger partial charge in [-0.25, -0.2) is 9.37 Å². The monoisotopic (exact) mass is 446 g/mol. The van der Waals surface area contributed by atoms with Crippen molar-refractivity contribution in [2.45, 2.75) is 44.7 Å².